The van der Waals surface area contributed by atoms with Crippen LogP contribution in [0.15, 0.2) is 6.07 Å². The van der Waals surface area contributed by atoms with E-state index in [2.05, 4.69) is 30.7 Å². The second-order valence-corrected chi connectivity index (χ2v) is 8.05. The van der Waals surface area contributed by atoms with E-state index in [0.29, 0.717) is 11.8 Å². The summed E-state index contributed by atoms with van der Waals surface area (Å²) in [6, 6.07) is 2.13. The van der Waals surface area contributed by atoms with E-state index < -0.39 is 0 Å². The smallest absolute Gasteiger partial charge is 0.222 e. The first-order valence-electron chi connectivity index (χ1n) is 10.3. The fraction of sp³-hybridized carbons (Fsp3) is 0.750. The minimum atomic E-state index is 0.355. The van der Waals surface area contributed by atoms with Crippen LogP contribution in [-0.4, -0.2) is 60.0 Å². The molecule has 4 rings (SSSR count). The molecule has 6 heteroatoms. The van der Waals surface area contributed by atoms with Crippen LogP contribution in [0.5, 0.6) is 0 Å². The Morgan fingerprint density at radius 1 is 0.923 bits per heavy atom. The summed E-state index contributed by atoms with van der Waals surface area (Å²) in [4.78, 5) is 28.6. The lowest BCUT2D eigenvalue weighted by Crippen LogP contribution is -2.49. The van der Waals surface area contributed by atoms with Crippen molar-refractivity contribution in [1.29, 1.82) is 0 Å². The van der Waals surface area contributed by atoms with Crippen LogP contribution in [0.3, 0.4) is 0 Å². The van der Waals surface area contributed by atoms with Gasteiger partial charge in [0.2, 0.25) is 5.91 Å². The van der Waals surface area contributed by atoms with Gasteiger partial charge in [-0.2, -0.15) is 0 Å². The van der Waals surface area contributed by atoms with Gasteiger partial charge >= 0.3 is 0 Å². The number of carbonyl (C=O) groups is 1. The Bertz CT molecular complexity index is 629. The third kappa shape index (κ3) is 3.94. The van der Waals surface area contributed by atoms with Crippen LogP contribution < -0.4 is 9.80 Å². The summed E-state index contributed by atoms with van der Waals surface area (Å²) in [5.41, 5.74) is 0. The summed E-state index contributed by atoms with van der Waals surface area (Å²) in [7, 11) is 0. The number of hydrogen-bond acceptors (Lipinski definition) is 5. The highest BCUT2D eigenvalue weighted by atomic mass is 16.2. The number of piperazine rings is 1. The summed E-state index contributed by atoms with van der Waals surface area (Å²) in [5, 5.41) is 0. The maximum atomic E-state index is 12.6. The van der Waals surface area contributed by atoms with E-state index in [1.165, 1.54) is 38.5 Å². The van der Waals surface area contributed by atoms with Gasteiger partial charge in [0.05, 0.1) is 0 Å². The molecule has 1 amide bonds. The molecule has 1 saturated carbocycles. The van der Waals surface area contributed by atoms with Crippen LogP contribution >= 0.6 is 0 Å². The Morgan fingerprint density at radius 3 is 2.12 bits per heavy atom. The SMILES string of the molecule is Cc1nc(N2CCCC2)cc(N2CCN(C(=O)CC3CCCC3)CC2)n1. The Kier molecular flexibility index (Phi) is 5.27. The first kappa shape index (κ1) is 17.6. The number of nitrogens with zero attached hydrogens (tertiary/aromatic N) is 5. The third-order valence-corrected chi connectivity index (χ3v) is 6.14. The van der Waals surface area contributed by atoms with Crippen LogP contribution in [0.4, 0.5) is 11.6 Å². The Labute approximate surface area is 156 Å². The fourth-order valence-electron chi connectivity index (χ4n) is 4.58. The molecule has 26 heavy (non-hydrogen) atoms. The number of aromatic nitrogens is 2. The largest absolute Gasteiger partial charge is 0.356 e. The lowest BCUT2D eigenvalue weighted by molar-refractivity contribution is -0.132. The molecule has 1 aromatic heterocycles. The molecule has 0 spiro atoms. The lowest BCUT2D eigenvalue weighted by atomic mass is 10.0. The molecular formula is C20H31N5O. The average Bonchev–Trinajstić information content (AvgIpc) is 3.35. The highest BCUT2D eigenvalue weighted by molar-refractivity contribution is 5.76. The van der Waals surface area contributed by atoms with E-state index in [-0.39, 0.29) is 0 Å². The van der Waals surface area contributed by atoms with Gasteiger partial charge in [-0.1, -0.05) is 12.8 Å². The Hall–Kier alpha value is -1.85. The number of amides is 1. The van der Waals surface area contributed by atoms with Crippen LogP contribution in [-0.2, 0) is 4.79 Å². The standard InChI is InChI=1S/C20H31N5O/c1-16-21-18(23-8-4-5-9-23)15-19(22-16)24-10-12-25(13-11-24)20(26)14-17-6-2-3-7-17/h15,17H,2-14H2,1H3. The molecule has 1 aliphatic carbocycles. The number of anilines is 2. The first-order chi connectivity index (χ1) is 12.7. The molecule has 0 N–H and O–H groups in total. The molecule has 2 saturated heterocycles. The van der Waals surface area contributed by atoms with Gasteiger partial charge in [-0.3, -0.25) is 4.79 Å². The molecule has 0 atom stereocenters. The van der Waals surface area contributed by atoms with Crippen LogP contribution in [0.1, 0.15) is 50.8 Å². The predicted octanol–water partition coefficient (Wildman–Crippen LogP) is 2.61. The molecule has 0 bridgehead atoms. The summed E-state index contributed by atoms with van der Waals surface area (Å²) < 4.78 is 0. The molecule has 0 radical (unpaired) electrons. The van der Waals surface area contributed by atoms with E-state index >= 15 is 0 Å². The van der Waals surface area contributed by atoms with Crippen molar-refractivity contribution in [3.05, 3.63) is 11.9 Å². The van der Waals surface area contributed by atoms with Gasteiger partial charge in [0.15, 0.2) is 0 Å². The Balaban J connectivity index is 1.36. The van der Waals surface area contributed by atoms with Gasteiger partial charge in [0.1, 0.15) is 17.5 Å². The molecule has 3 fully saturated rings. The van der Waals surface area contributed by atoms with Crippen molar-refractivity contribution in [3.8, 4) is 0 Å². The average molecular weight is 358 g/mol. The molecule has 3 aliphatic rings. The molecule has 2 aliphatic heterocycles. The van der Waals surface area contributed by atoms with E-state index in [4.69, 9.17) is 0 Å². The van der Waals surface area contributed by atoms with Crippen molar-refractivity contribution in [2.24, 2.45) is 5.92 Å². The van der Waals surface area contributed by atoms with Crippen molar-refractivity contribution in [2.45, 2.75) is 51.9 Å². The van der Waals surface area contributed by atoms with Gasteiger partial charge < -0.3 is 14.7 Å². The number of rotatable bonds is 4. The fourth-order valence-corrected chi connectivity index (χ4v) is 4.58. The van der Waals surface area contributed by atoms with E-state index in [9.17, 15) is 4.79 Å². The molecule has 0 unspecified atom stereocenters. The zero-order chi connectivity index (χ0) is 17.9. The van der Waals surface area contributed by atoms with Crippen LogP contribution in [0, 0.1) is 12.8 Å². The lowest BCUT2D eigenvalue weighted by Gasteiger charge is -2.36. The van der Waals surface area contributed by atoms with E-state index in [1.54, 1.807) is 0 Å². The normalized spacial score (nSPS) is 21.7. The van der Waals surface area contributed by atoms with Crippen molar-refractivity contribution in [3.63, 3.8) is 0 Å². The molecule has 142 valence electrons. The summed E-state index contributed by atoms with van der Waals surface area (Å²) in [5.74, 6) is 3.90. The van der Waals surface area contributed by atoms with Crippen molar-refractivity contribution in [2.75, 3.05) is 49.1 Å². The van der Waals surface area contributed by atoms with Crippen molar-refractivity contribution >= 4 is 17.5 Å². The summed E-state index contributed by atoms with van der Waals surface area (Å²) in [6.45, 7) is 7.53. The highest BCUT2D eigenvalue weighted by Gasteiger charge is 2.26. The van der Waals surface area contributed by atoms with Gasteiger partial charge in [-0.15, -0.1) is 0 Å². The number of hydrogen-bond donors (Lipinski definition) is 0. The van der Waals surface area contributed by atoms with E-state index in [0.717, 1.165) is 63.1 Å². The third-order valence-electron chi connectivity index (χ3n) is 6.14. The Morgan fingerprint density at radius 2 is 1.50 bits per heavy atom. The van der Waals surface area contributed by atoms with Gasteiger partial charge in [-0.25, -0.2) is 9.97 Å². The molecular weight excluding hydrogens is 326 g/mol. The van der Waals surface area contributed by atoms with Crippen molar-refractivity contribution < 1.29 is 4.79 Å². The second-order valence-electron chi connectivity index (χ2n) is 8.05. The van der Waals surface area contributed by atoms with Crippen LogP contribution in [0.2, 0.25) is 0 Å². The highest BCUT2D eigenvalue weighted by Crippen LogP contribution is 2.28. The van der Waals surface area contributed by atoms with Gasteiger partial charge in [0.25, 0.3) is 0 Å². The molecule has 0 aromatic carbocycles. The van der Waals surface area contributed by atoms with Gasteiger partial charge in [-0.05, 0) is 38.5 Å². The monoisotopic (exact) mass is 357 g/mol. The van der Waals surface area contributed by atoms with Crippen LogP contribution in [0.25, 0.3) is 0 Å². The minimum Gasteiger partial charge on any atom is -0.356 e. The topological polar surface area (TPSA) is 52.6 Å². The summed E-state index contributed by atoms with van der Waals surface area (Å²) >= 11 is 0. The maximum absolute atomic E-state index is 12.6. The zero-order valence-corrected chi connectivity index (χ0v) is 16.0. The number of aryl methyl sites for hydroxylation is 1. The van der Waals surface area contributed by atoms with Crippen molar-refractivity contribution in [1.82, 2.24) is 14.9 Å². The first-order valence-corrected chi connectivity index (χ1v) is 10.3. The van der Waals surface area contributed by atoms with E-state index in [1.807, 2.05) is 6.92 Å². The quantitative estimate of drug-likeness (QED) is 0.829. The maximum Gasteiger partial charge on any atom is 0.222 e. The summed E-state index contributed by atoms with van der Waals surface area (Å²) in [6.07, 6.45) is 8.35. The zero-order valence-electron chi connectivity index (χ0n) is 16.0. The number of carbonyl (C=O) groups excluding carboxylic acids is 1. The molecule has 1 aromatic rings. The molecule has 3 heterocycles. The predicted molar refractivity (Wildman–Crippen MR) is 104 cm³/mol. The minimum absolute atomic E-state index is 0.355. The molecule has 6 nitrogen and oxygen atoms in total. The van der Waals surface area contributed by atoms with Gasteiger partial charge in [0, 0.05) is 51.8 Å². The second kappa shape index (κ2) is 7.80.